The van der Waals surface area contributed by atoms with Gasteiger partial charge in [0.1, 0.15) is 0 Å². The van der Waals surface area contributed by atoms with Crippen molar-refractivity contribution in [3.8, 4) is 11.5 Å². The summed E-state index contributed by atoms with van der Waals surface area (Å²) in [7, 11) is 1.59. The predicted octanol–water partition coefficient (Wildman–Crippen LogP) is 2.79. The summed E-state index contributed by atoms with van der Waals surface area (Å²) in [4.78, 5) is 29.6. The summed E-state index contributed by atoms with van der Waals surface area (Å²) in [5.41, 5.74) is 2.06. The number of fused-ring (bicyclic) bond motifs is 1. The molecule has 0 aliphatic carbocycles. The van der Waals surface area contributed by atoms with Crippen LogP contribution in [0.5, 0.6) is 11.5 Å². The highest BCUT2D eigenvalue weighted by molar-refractivity contribution is 5.79. The summed E-state index contributed by atoms with van der Waals surface area (Å²) in [6.45, 7) is 8.37. The number of hydrogen-bond acceptors (Lipinski definition) is 5. The number of aryl methyl sites for hydroxylation is 1. The maximum Gasteiger partial charge on any atom is 0.276 e. The molecule has 1 atom stereocenters. The minimum atomic E-state index is -0.268. The van der Waals surface area contributed by atoms with Gasteiger partial charge in [-0.15, -0.1) is 0 Å². The van der Waals surface area contributed by atoms with E-state index >= 15 is 0 Å². The Kier molecular flexibility index (Phi) is 6.44. The van der Waals surface area contributed by atoms with E-state index in [9.17, 15) is 9.59 Å². The number of rotatable bonds is 8. The first-order valence-corrected chi connectivity index (χ1v) is 9.95. The maximum absolute atomic E-state index is 12.6. The molecule has 0 aliphatic heterocycles. The number of hydrogen-bond donors (Lipinski definition) is 2. The van der Waals surface area contributed by atoms with Crippen LogP contribution in [0.25, 0.3) is 5.65 Å². The number of aromatic nitrogens is 3. The molecule has 0 saturated heterocycles. The van der Waals surface area contributed by atoms with Gasteiger partial charge in [0.25, 0.3) is 5.56 Å². The van der Waals surface area contributed by atoms with Gasteiger partial charge in [-0.05, 0) is 37.5 Å². The Morgan fingerprint density at radius 3 is 2.70 bits per heavy atom. The van der Waals surface area contributed by atoms with Crippen LogP contribution in [0.1, 0.15) is 43.6 Å². The smallest absolute Gasteiger partial charge is 0.276 e. The van der Waals surface area contributed by atoms with Crippen LogP contribution >= 0.6 is 0 Å². The molecule has 30 heavy (non-hydrogen) atoms. The molecule has 1 aromatic carbocycles. The van der Waals surface area contributed by atoms with Crippen molar-refractivity contribution >= 4 is 11.6 Å². The lowest BCUT2D eigenvalue weighted by atomic mass is 10.1. The molecule has 2 aromatic heterocycles. The minimum absolute atomic E-state index is 0.0450. The molecule has 0 aliphatic rings. The SMILES string of the molecule is COc1cc(C(C)NC(=O)Cc2c(C)nc3cc[nH]n3c2=O)ccc1OCC(C)C. The van der Waals surface area contributed by atoms with E-state index in [1.165, 1.54) is 4.52 Å². The van der Waals surface area contributed by atoms with Crippen molar-refractivity contribution in [3.05, 3.63) is 57.6 Å². The summed E-state index contributed by atoms with van der Waals surface area (Å²) < 4.78 is 12.6. The van der Waals surface area contributed by atoms with Gasteiger partial charge in [-0.25, -0.2) is 9.50 Å². The third-order valence-corrected chi connectivity index (χ3v) is 4.82. The number of nitrogens with zero attached hydrogens (tertiary/aromatic N) is 2. The van der Waals surface area contributed by atoms with Crippen LogP contribution in [0.2, 0.25) is 0 Å². The Morgan fingerprint density at radius 1 is 1.23 bits per heavy atom. The quantitative estimate of drug-likeness (QED) is 0.593. The summed E-state index contributed by atoms with van der Waals surface area (Å²) in [6.07, 6.45) is 1.59. The highest BCUT2D eigenvalue weighted by Gasteiger charge is 2.17. The third-order valence-electron chi connectivity index (χ3n) is 4.82. The molecule has 0 radical (unpaired) electrons. The van der Waals surface area contributed by atoms with Crippen LogP contribution in [0.3, 0.4) is 0 Å². The molecule has 0 bridgehead atoms. The third kappa shape index (κ3) is 4.64. The van der Waals surface area contributed by atoms with Crippen LogP contribution in [-0.2, 0) is 11.2 Å². The van der Waals surface area contributed by atoms with E-state index in [-0.39, 0.29) is 23.9 Å². The molecule has 160 valence electrons. The molecule has 2 N–H and O–H groups in total. The molecule has 0 fully saturated rings. The molecular weight excluding hydrogens is 384 g/mol. The van der Waals surface area contributed by atoms with Gasteiger partial charge in [0.05, 0.1) is 26.2 Å². The fraction of sp³-hybridized carbons (Fsp3) is 0.409. The number of carbonyl (C=O) groups excluding carboxylic acids is 1. The molecule has 8 nitrogen and oxygen atoms in total. The lowest BCUT2D eigenvalue weighted by Gasteiger charge is -2.18. The average Bonchev–Trinajstić information content (AvgIpc) is 3.17. The summed E-state index contributed by atoms with van der Waals surface area (Å²) in [5.74, 6) is 1.43. The number of ether oxygens (including phenoxy) is 2. The Morgan fingerprint density at radius 2 is 2.00 bits per heavy atom. The first-order chi connectivity index (χ1) is 14.3. The molecule has 2 heterocycles. The van der Waals surface area contributed by atoms with Crippen LogP contribution in [0, 0.1) is 12.8 Å². The number of benzene rings is 1. The van der Waals surface area contributed by atoms with Gasteiger partial charge >= 0.3 is 0 Å². The van der Waals surface area contributed by atoms with Gasteiger partial charge in [-0.3, -0.25) is 14.7 Å². The van der Waals surface area contributed by atoms with Crippen molar-refractivity contribution in [2.24, 2.45) is 5.92 Å². The van der Waals surface area contributed by atoms with Gasteiger partial charge in [0, 0.05) is 23.5 Å². The number of H-pyrrole nitrogens is 1. The van der Waals surface area contributed by atoms with Crippen molar-refractivity contribution in [1.82, 2.24) is 19.9 Å². The lowest BCUT2D eigenvalue weighted by molar-refractivity contribution is -0.121. The fourth-order valence-electron chi connectivity index (χ4n) is 3.18. The molecule has 3 aromatic rings. The predicted molar refractivity (Wildman–Crippen MR) is 114 cm³/mol. The van der Waals surface area contributed by atoms with E-state index in [2.05, 4.69) is 29.2 Å². The summed E-state index contributed by atoms with van der Waals surface area (Å²) in [5, 5.41) is 5.76. The number of nitrogens with one attached hydrogen (secondary N) is 2. The van der Waals surface area contributed by atoms with Gasteiger partial charge < -0.3 is 14.8 Å². The van der Waals surface area contributed by atoms with Crippen molar-refractivity contribution < 1.29 is 14.3 Å². The van der Waals surface area contributed by atoms with Gasteiger partial charge in [0.15, 0.2) is 17.1 Å². The molecular formula is C22H28N4O4. The Hall–Kier alpha value is -3.29. The topological polar surface area (TPSA) is 97.7 Å². The van der Waals surface area contributed by atoms with Crippen LogP contribution in [-0.4, -0.2) is 34.2 Å². The van der Waals surface area contributed by atoms with Crippen molar-refractivity contribution in [2.45, 2.75) is 40.2 Å². The number of methoxy groups -OCH3 is 1. The summed E-state index contributed by atoms with van der Waals surface area (Å²) in [6, 6.07) is 7.04. The zero-order chi connectivity index (χ0) is 21.8. The molecule has 8 heteroatoms. The van der Waals surface area contributed by atoms with Crippen molar-refractivity contribution in [3.63, 3.8) is 0 Å². The van der Waals surface area contributed by atoms with Crippen LogP contribution in [0.4, 0.5) is 0 Å². The van der Waals surface area contributed by atoms with Gasteiger partial charge in [-0.1, -0.05) is 19.9 Å². The van der Waals surface area contributed by atoms with Crippen LogP contribution in [0.15, 0.2) is 35.3 Å². The second-order valence-corrected chi connectivity index (χ2v) is 7.72. The highest BCUT2D eigenvalue weighted by Crippen LogP contribution is 2.30. The van der Waals surface area contributed by atoms with E-state index in [0.717, 1.165) is 5.56 Å². The second kappa shape index (κ2) is 9.02. The largest absolute Gasteiger partial charge is 0.493 e. The number of amides is 1. The Bertz CT molecular complexity index is 1100. The minimum Gasteiger partial charge on any atom is -0.493 e. The Balaban J connectivity index is 1.72. The average molecular weight is 412 g/mol. The first-order valence-electron chi connectivity index (χ1n) is 9.95. The lowest BCUT2D eigenvalue weighted by Crippen LogP contribution is -2.32. The van der Waals surface area contributed by atoms with E-state index < -0.39 is 0 Å². The van der Waals surface area contributed by atoms with Crippen LogP contribution < -0.4 is 20.3 Å². The van der Waals surface area contributed by atoms with Crippen molar-refractivity contribution in [1.29, 1.82) is 0 Å². The van der Waals surface area contributed by atoms with Gasteiger partial charge in [-0.2, -0.15) is 0 Å². The number of aromatic amines is 1. The molecule has 3 rings (SSSR count). The Labute approximate surface area is 175 Å². The van der Waals surface area contributed by atoms with E-state index in [1.54, 1.807) is 26.3 Å². The normalized spacial score (nSPS) is 12.2. The maximum atomic E-state index is 12.6. The second-order valence-electron chi connectivity index (χ2n) is 7.72. The standard InChI is InChI=1S/C22H28N4O4/c1-13(2)12-30-18-7-6-16(10-19(18)29-5)14(3)25-21(27)11-17-15(4)24-20-8-9-23-26(20)22(17)28/h6-10,13-14,23H,11-12H2,1-5H3,(H,25,27). The van der Waals surface area contributed by atoms with E-state index in [1.807, 2.05) is 25.1 Å². The summed E-state index contributed by atoms with van der Waals surface area (Å²) >= 11 is 0. The molecule has 1 amide bonds. The van der Waals surface area contributed by atoms with E-state index in [4.69, 9.17) is 9.47 Å². The van der Waals surface area contributed by atoms with Gasteiger partial charge in [0.2, 0.25) is 5.91 Å². The number of carbonyl (C=O) groups is 1. The molecule has 0 saturated carbocycles. The zero-order valence-electron chi connectivity index (χ0n) is 18.0. The molecule has 0 spiro atoms. The highest BCUT2D eigenvalue weighted by atomic mass is 16.5. The fourth-order valence-corrected chi connectivity index (χ4v) is 3.18. The zero-order valence-corrected chi connectivity index (χ0v) is 18.0. The van der Waals surface area contributed by atoms with Crippen molar-refractivity contribution in [2.75, 3.05) is 13.7 Å². The monoisotopic (exact) mass is 412 g/mol. The molecule has 1 unspecified atom stereocenters. The first kappa shape index (κ1) is 21.4. The van der Waals surface area contributed by atoms with E-state index in [0.29, 0.717) is 40.9 Å².